The van der Waals surface area contributed by atoms with Gasteiger partial charge in [-0.1, -0.05) is 42.5 Å². The zero-order chi connectivity index (χ0) is 23.8. The van der Waals surface area contributed by atoms with Gasteiger partial charge in [-0.05, 0) is 48.5 Å². The van der Waals surface area contributed by atoms with Crippen molar-refractivity contribution in [2.45, 2.75) is 0 Å². The molecule has 0 saturated heterocycles. The zero-order valence-electron chi connectivity index (χ0n) is 18.3. The van der Waals surface area contributed by atoms with Crippen LogP contribution in [0.5, 0.6) is 0 Å². The molecule has 166 valence electrons. The number of furan rings is 2. The average molecular weight is 456 g/mol. The highest BCUT2D eigenvalue weighted by Gasteiger charge is 2.16. The monoisotopic (exact) mass is 456 g/mol. The lowest BCUT2D eigenvalue weighted by molar-refractivity contribution is 0.573. The van der Waals surface area contributed by atoms with Crippen molar-refractivity contribution in [2.75, 3.05) is 0 Å². The summed E-state index contributed by atoms with van der Waals surface area (Å²) >= 11 is 0. The van der Waals surface area contributed by atoms with E-state index in [4.69, 9.17) is 8.83 Å². The van der Waals surface area contributed by atoms with Crippen LogP contribution in [-0.4, -0.2) is 15.9 Å². The van der Waals surface area contributed by atoms with E-state index in [-0.39, 0.29) is 11.4 Å². The van der Waals surface area contributed by atoms with Crippen molar-refractivity contribution in [1.82, 2.24) is 9.66 Å². The third-order valence-electron chi connectivity index (χ3n) is 5.64. The number of aromatic nitrogens is 2. The van der Waals surface area contributed by atoms with Gasteiger partial charge in [-0.3, -0.25) is 4.79 Å². The van der Waals surface area contributed by atoms with Crippen LogP contribution < -0.4 is 5.56 Å². The fourth-order valence-electron chi connectivity index (χ4n) is 3.96. The average Bonchev–Trinajstić information content (AvgIpc) is 3.55. The minimum absolute atomic E-state index is 0.280. The minimum atomic E-state index is -0.330. The Morgan fingerprint density at radius 3 is 2.57 bits per heavy atom. The summed E-state index contributed by atoms with van der Waals surface area (Å²) in [4.78, 5) is 18.0. The standard InChI is InChI=1S/C28H16N4O3/c29-16-19-8-1-3-9-21(19)25-14-13-20(34-25)17-30-32-27(26-15-18-7-2-6-12-24(18)35-26)31-23-11-5-4-10-22(23)28(32)33/h1-15,17H. The molecule has 3 aromatic carbocycles. The fourth-order valence-corrected chi connectivity index (χ4v) is 3.96. The molecule has 0 aliphatic rings. The molecule has 7 heteroatoms. The van der Waals surface area contributed by atoms with Gasteiger partial charge >= 0.3 is 0 Å². The highest BCUT2D eigenvalue weighted by Crippen LogP contribution is 2.28. The van der Waals surface area contributed by atoms with Crippen molar-refractivity contribution >= 4 is 28.1 Å². The van der Waals surface area contributed by atoms with Gasteiger partial charge in [-0.2, -0.15) is 15.0 Å². The molecule has 6 rings (SSSR count). The van der Waals surface area contributed by atoms with Gasteiger partial charge in [0.05, 0.1) is 28.8 Å². The quantitative estimate of drug-likeness (QED) is 0.311. The van der Waals surface area contributed by atoms with Gasteiger partial charge in [0.25, 0.3) is 5.56 Å². The molecule has 0 N–H and O–H groups in total. The van der Waals surface area contributed by atoms with E-state index in [1.54, 1.807) is 42.5 Å². The number of hydrogen-bond acceptors (Lipinski definition) is 6. The van der Waals surface area contributed by atoms with Gasteiger partial charge in [-0.25, -0.2) is 4.98 Å². The number of rotatable bonds is 4. The maximum atomic E-state index is 13.4. The van der Waals surface area contributed by atoms with Crippen LogP contribution in [0.4, 0.5) is 0 Å². The van der Waals surface area contributed by atoms with Crippen LogP contribution >= 0.6 is 0 Å². The maximum Gasteiger partial charge on any atom is 0.282 e. The number of benzene rings is 3. The number of nitrogens with zero attached hydrogens (tertiary/aromatic N) is 4. The van der Waals surface area contributed by atoms with Crippen LogP contribution in [-0.2, 0) is 0 Å². The molecule has 7 nitrogen and oxygen atoms in total. The summed E-state index contributed by atoms with van der Waals surface area (Å²) in [6.07, 6.45) is 1.45. The first kappa shape index (κ1) is 20.4. The van der Waals surface area contributed by atoms with Crippen molar-refractivity contribution in [2.24, 2.45) is 5.10 Å². The van der Waals surface area contributed by atoms with Crippen LogP contribution in [0.3, 0.4) is 0 Å². The van der Waals surface area contributed by atoms with Crippen molar-refractivity contribution < 1.29 is 8.83 Å². The van der Waals surface area contributed by atoms with E-state index in [0.717, 1.165) is 5.39 Å². The van der Waals surface area contributed by atoms with Gasteiger partial charge in [0.15, 0.2) is 5.76 Å². The maximum absolute atomic E-state index is 13.4. The molecule has 0 radical (unpaired) electrons. The molecular weight excluding hydrogens is 440 g/mol. The Morgan fingerprint density at radius 1 is 0.886 bits per heavy atom. The Labute approximate surface area is 198 Å². The molecule has 3 aromatic heterocycles. The molecule has 0 saturated carbocycles. The molecule has 0 atom stereocenters. The Balaban J connectivity index is 1.47. The molecular formula is C28H16N4O3. The first-order valence-corrected chi connectivity index (χ1v) is 10.9. The lowest BCUT2D eigenvalue weighted by atomic mass is 10.1. The summed E-state index contributed by atoms with van der Waals surface area (Å²) in [6, 6.07) is 29.4. The largest absolute Gasteiger partial charge is 0.455 e. The smallest absolute Gasteiger partial charge is 0.282 e. The van der Waals surface area contributed by atoms with Crippen LogP contribution in [0.1, 0.15) is 11.3 Å². The summed E-state index contributed by atoms with van der Waals surface area (Å²) in [5, 5.41) is 15.1. The Morgan fingerprint density at radius 2 is 1.69 bits per heavy atom. The predicted molar refractivity (Wildman–Crippen MR) is 133 cm³/mol. The van der Waals surface area contributed by atoms with E-state index in [1.165, 1.54) is 10.9 Å². The van der Waals surface area contributed by atoms with E-state index in [0.29, 0.717) is 44.9 Å². The lowest BCUT2D eigenvalue weighted by Crippen LogP contribution is -2.20. The first-order chi connectivity index (χ1) is 17.2. The normalized spacial score (nSPS) is 11.4. The molecule has 0 bridgehead atoms. The SMILES string of the molecule is N#Cc1ccccc1-c1ccc(C=Nn2c(-c3cc4ccccc4o3)nc3ccccc3c2=O)o1. The second-order valence-corrected chi connectivity index (χ2v) is 7.82. The molecule has 0 unspecified atom stereocenters. The summed E-state index contributed by atoms with van der Waals surface area (Å²) in [5.41, 5.74) is 2.10. The molecule has 35 heavy (non-hydrogen) atoms. The molecule has 6 aromatic rings. The summed E-state index contributed by atoms with van der Waals surface area (Å²) in [6.45, 7) is 0. The Kier molecular flexibility index (Phi) is 4.83. The predicted octanol–water partition coefficient (Wildman–Crippen LogP) is 5.82. The van der Waals surface area contributed by atoms with Crippen LogP contribution in [0.2, 0.25) is 0 Å². The van der Waals surface area contributed by atoms with Crippen molar-refractivity contribution in [3.8, 4) is 29.0 Å². The molecule has 0 aliphatic carbocycles. The molecule has 0 aliphatic heterocycles. The number of hydrogen-bond donors (Lipinski definition) is 0. The van der Waals surface area contributed by atoms with Gasteiger partial charge in [0, 0.05) is 10.9 Å². The highest BCUT2D eigenvalue weighted by atomic mass is 16.3. The Hall–Kier alpha value is -5.22. The first-order valence-electron chi connectivity index (χ1n) is 10.9. The van der Waals surface area contributed by atoms with E-state index in [9.17, 15) is 10.1 Å². The number of para-hydroxylation sites is 2. The van der Waals surface area contributed by atoms with Gasteiger partial charge in [-0.15, -0.1) is 0 Å². The van der Waals surface area contributed by atoms with E-state index in [1.807, 2.05) is 48.5 Å². The van der Waals surface area contributed by atoms with Crippen molar-refractivity contribution in [3.05, 3.63) is 113 Å². The Bertz CT molecular complexity index is 1820. The van der Waals surface area contributed by atoms with Crippen molar-refractivity contribution in [3.63, 3.8) is 0 Å². The molecule has 0 fully saturated rings. The van der Waals surface area contributed by atoms with Crippen LogP contribution in [0, 0.1) is 11.3 Å². The van der Waals surface area contributed by atoms with Crippen LogP contribution in [0.25, 0.3) is 44.8 Å². The second-order valence-electron chi connectivity index (χ2n) is 7.82. The van der Waals surface area contributed by atoms with E-state index < -0.39 is 0 Å². The third kappa shape index (κ3) is 3.59. The fraction of sp³-hybridized carbons (Fsp3) is 0. The minimum Gasteiger partial charge on any atom is -0.455 e. The number of fused-ring (bicyclic) bond motifs is 2. The molecule has 0 amide bonds. The van der Waals surface area contributed by atoms with Crippen molar-refractivity contribution in [1.29, 1.82) is 5.26 Å². The van der Waals surface area contributed by atoms with Gasteiger partial charge < -0.3 is 8.83 Å². The molecule has 0 spiro atoms. The summed E-state index contributed by atoms with van der Waals surface area (Å²) in [7, 11) is 0. The topological polar surface area (TPSA) is 97.3 Å². The number of nitriles is 1. The van der Waals surface area contributed by atoms with Gasteiger partial charge in [0.2, 0.25) is 5.82 Å². The molecule has 3 heterocycles. The summed E-state index contributed by atoms with van der Waals surface area (Å²) in [5.74, 6) is 1.66. The van der Waals surface area contributed by atoms with Crippen LogP contribution in [0.15, 0.2) is 110 Å². The summed E-state index contributed by atoms with van der Waals surface area (Å²) < 4.78 is 13.1. The zero-order valence-corrected chi connectivity index (χ0v) is 18.3. The van der Waals surface area contributed by atoms with E-state index in [2.05, 4.69) is 16.2 Å². The van der Waals surface area contributed by atoms with Gasteiger partial charge in [0.1, 0.15) is 17.1 Å². The second kappa shape index (κ2) is 8.28. The van der Waals surface area contributed by atoms with E-state index >= 15 is 0 Å². The highest BCUT2D eigenvalue weighted by molar-refractivity contribution is 5.84. The lowest BCUT2D eigenvalue weighted by Gasteiger charge is -2.06. The third-order valence-corrected chi connectivity index (χ3v) is 5.64.